The van der Waals surface area contributed by atoms with Gasteiger partial charge in [-0.1, -0.05) is 109 Å². The second kappa shape index (κ2) is 11.1. The van der Waals surface area contributed by atoms with Crippen molar-refractivity contribution in [2.45, 2.75) is 6.42 Å². The van der Waals surface area contributed by atoms with Gasteiger partial charge >= 0.3 is 0 Å². The molecule has 0 fully saturated rings. The van der Waals surface area contributed by atoms with Gasteiger partial charge in [-0.25, -0.2) is 0 Å². The summed E-state index contributed by atoms with van der Waals surface area (Å²) in [6.07, 6.45) is 0.614. The van der Waals surface area contributed by atoms with Gasteiger partial charge in [-0.2, -0.15) is 5.10 Å². The molecule has 5 heteroatoms. The van der Waals surface area contributed by atoms with E-state index in [9.17, 15) is 0 Å². The Bertz CT molecular complexity index is 1410. The highest BCUT2D eigenvalue weighted by Gasteiger charge is 2.13. The van der Waals surface area contributed by atoms with Crippen molar-refractivity contribution in [2.75, 3.05) is 12.5 Å². The largest absolute Gasteiger partial charge is 0.496 e. The van der Waals surface area contributed by atoms with Crippen LogP contribution in [0.25, 0.3) is 11.3 Å². The lowest BCUT2D eigenvalue weighted by Gasteiger charge is -2.13. The van der Waals surface area contributed by atoms with Crippen molar-refractivity contribution in [2.24, 2.45) is 5.10 Å². The standard InChI is InChI=1S/C31H26N4O/c1-36-29-20-12-11-19-26(29)21-27-22-28(23-13-5-2-6-14-23)32-34-31(27)35-33-30(24-15-7-3-8-16-24)25-17-9-4-10-18-25/h2-20,22H,21H2,1H3,(H,34,35). The van der Waals surface area contributed by atoms with Crippen molar-refractivity contribution in [1.29, 1.82) is 0 Å². The van der Waals surface area contributed by atoms with Gasteiger partial charge in [0.15, 0.2) is 5.82 Å². The van der Waals surface area contributed by atoms with E-state index in [0.29, 0.717) is 12.2 Å². The number of methoxy groups -OCH3 is 1. The van der Waals surface area contributed by atoms with Gasteiger partial charge in [-0.05, 0) is 17.7 Å². The van der Waals surface area contributed by atoms with Gasteiger partial charge in [0.05, 0.1) is 18.5 Å². The Kier molecular flexibility index (Phi) is 7.09. The Balaban J connectivity index is 1.56. The third-order valence-corrected chi connectivity index (χ3v) is 5.88. The molecule has 0 saturated heterocycles. The Hall–Kier alpha value is -4.77. The number of benzene rings is 4. The van der Waals surface area contributed by atoms with Crippen LogP contribution in [0.5, 0.6) is 5.75 Å². The number of nitrogens with zero attached hydrogens (tertiary/aromatic N) is 3. The summed E-state index contributed by atoms with van der Waals surface area (Å²) in [6, 6.07) is 40.4. The molecule has 176 valence electrons. The molecule has 0 spiro atoms. The summed E-state index contributed by atoms with van der Waals surface area (Å²) in [7, 11) is 1.69. The maximum absolute atomic E-state index is 5.60. The van der Waals surface area contributed by atoms with Crippen LogP contribution in [0, 0.1) is 0 Å². The number of nitrogens with one attached hydrogen (secondary N) is 1. The first kappa shape index (κ1) is 23.0. The molecule has 5 nitrogen and oxygen atoms in total. The number of para-hydroxylation sites is 1. The summed E-state index contributed by atoms with van der Waals surface area (Å²) in [5, 5.41) is 13.9. The topological polar surface area (TPSA) is 59.4 Å². The SMILES string of the molecule is COc1ccccc1Cc1cc(-c2ccccc2)nnc1NN=C(c1ccccc1)c1ccccc1. The van der Waals surface area contributed by atoms with E-state index in [4.69, 9.17) is 9.84 Å². The normalized spacial score (nSPS) is 10.5. The van der Waals surface area contributed by atoms with Crippen LogP contribution >= 0.6 is 0 Å². The third-order valence-electron chi connectivity index (χ3n) is 5.88. The van der Waals surface area contributed by atoms with Gasteiger partial charge in [-0.15, -0.1) is 10.2 Å². The van der Waals surface area contributed by atoms with E-state index in [1.165, 1.54) is 0 Å². The molecule has 0 aliphatic carbocycles. The Morgan fingerprint density at radius 1 is 0.694 bits per heavy atom. The fourth-order valence-corrected chi connectivity index (χ4v) is 4.06. The molecule has 1 N–H and O–H groups in total. The van der Waals surface area contributed by atoms with Gasteiger partial charge in [0.1, 0.15) is 5.75 Å². The van der Waals surface area contributed by atoms with Gasteiger partial charge < -0.3 is 4.74 Å². The molecule has 0 amide bonds. The molecule has 0 aliphatic rings. The molecule has 0 saturated carbocycles. The van der Waals surface area contributed by atoms with Crippen molar-refractivity contribution >= 4 is 11.5 Å². The average molecular weight is 471 g/mol. The lowest BCUT2D eigenvalue weighted by atomic mass is 10.0. The zero-order valence-electron chi connectivity index (χ0n) is 20.0. The molecule has 5 rings (SSSR count). The maximum atomic E-state index is 5.60. The number of rotatable bonds is 8. The molecule has 4 aromatic carbocycles. The molecule has 1 aromatic heterocycles. The first-order valence-corrected chi connectivity index (χ1v) is 11.8. The predicted octanol–water partition coefficient (Wildman–Crippen LogP) is 6.61. The molecule has 0 atom stereocenters. The van der Waals surface area contributed by atoms with Crippen molar-refractivity contribution < 1.29 is 4.74 Å². The molecule has 0 bridgehead atoms. The number of anilines is 1. The monoisotopic (exact) mass is 470 g/mol. The highest BCUT2D eigenvalue weighted by atomic mass is 16.5. The van der Waals surface area contributed by atoms with Gasteiger partial charge in [0.2, 0.25) is 0 Å². The van der Waals surface area contributed by atoms with Crippen LogP contribution in [0.1, 0.15) is 22.3 Å². The fraction of sp³-hybridized carbons (Fsp3) is 0.0645. The first-order valence-electron chi connectivity index (χ1n) is 11.8. The number of hydrazone groups is 1. The average Bonchev–Trinajstić information content (AvgIpc) is 2.96. The highest BCUT2D eigenvalue weighted by molar-refractivity contribution is 6.13. The molecular weight excluding hydrogens is 444 g/mol. The summed E-state index contributed by atoms with van der Waals surface area (Å²) < 4.78 is 5.60. The Morgan fingerprint density at radius 2 is 1.28 bits per heavy atom. The minimum atomic E-state index is 0.602. The molecular formula is C31H26N4O. The van der Waals surface area contributed by atoms with E-state index >= 15 is 0 Å². The third kappa shape index (κ3) is 5.31. The van der Waals surface area contributed by atoms with Crippen molar-refractivity contribution in [1.82, 2.24) is 10.2 Å². The van der Waals surface area contributed by atoms with Crippen LogP contribution in [-0.4, -0.2) is 23.0 Å². The second-order valence-corrected chi connectivity index (χ2v) is 8.26. The van der Waals surface area contributed by atoms with Gasteiger partial charge in [0, 0.05) is 28.7 Å². The van der Waals surface area contributed by atoms with E-state index in [-0.39, 0.29) is 0 Å². The second-order valence-electron chi connectivity index (χ2n) is 8.26. The lowest BCUT2D eigenvalue weighted by molar-refractivity contribution is 0.410. The molecule has 36 heavy (non-hydrogen) atoms. The molecule has 0 radical (unpaired) electrons. The molecule has 5 aromatic rings. The first-order chi connectivity index (χ1) is 17.8. The summed E-state index contributed by atoms with van der Waals surface area (Å²) >= 11 is 0. The predicted molar refractivity (Wildman–Crippen MR) is 145 cm³/mol. The van der Waals surface area contributed by atoms with E-state index in [0.717, 1.165) is 45.0 Å². The zero-order chi connectivity index (χ0) is 24.6. The van der Waals surface area contributed by atoms with E-state index in [2.05, 4.69) is 27.8 Å². The molecule has 0 aliphatic heterocycles. The summed E-state index contributed by atoms with van der Waals surface area (Å²) in [6.45, 7) is 0. The number of aromatic nitrogens is 2. The van der Waals surface area contributed by atoms with Crippen LogP contribution in [0.3, 0.4) is 0 Å². The quantitative estimate of drug-likeness (QED) is 0.205. The van der Waals surface area contributed by atoms with Crippen LogP contribution in [-0.2, 0) is 6.42 Å². The fourth-order valence-electron chi connectivity index (χ4n) is 4.06. The Morgan fingerprint density at radius 3 is 1.92 bits per heavy atom. The summed E-state index contributed by atoms with van der Waals surface area (Å²) in [5.41, 5.74) is 9.92. The van der Waals surface area contributed by atoms with Crippen LogP contribution < -0.4 is 10.2 Å². The minimum Gasteiger partial charge on any atom is -0.496 e. The highest BCUT2D eigenvalue weighted by Crippen LogP contribution is 2.27. The summed E-state index contributed by atoms with van der Waals surface area (Å²) in [5.74, 6) is 1.43. The Labute approximate surface area is 211 Å². The number of ether oxygens (including phenoxy) is 1. The van der Waals surface area contributed by atoms with Crippen molar-refractivity contribution in [3.8, 4) is 17.0 Å². The molecule has 1 heterocycles. The van der Waals surface area contributed by atoms with Gasteiger partial charge in [0.25, 0.3) is 0 Å². The minimum absolute atomic E-state index is 0.602. The van der Waals surface area contributed by atoms with E-state index in [1.807, 2.05) is 109 Å². The van der Waals surface area contributed by atoms with Crippen molar-refractivity contribution in [3.05, 3.63) is 144 Å². The molecule has 0 unspecified atom stereocenters. The number of hydrogen-bond acceptors (Lipinski definition) is 5. The maximum Gasteiger partial charge on any atom is 0.172 e. The zero-order valence-corrected chi connectivity index (χ0v) is 20.0. The lowest BCUT2D eigenvalue weighted by Crippen LogP contribution is -2.09. The van der Waals surface area contributed by atoms with E-state index < -0.39 is 0 Å². The van der Waals surface area contributed by atoms with Crippen LogP contribution in [0.15, 0.2) is 126 Å². The van der Waals surface area contributed by atoms with E-state index in [1.54, 1.807) is 7.11 Å². The summed E-state index contributed by atoms with van der Waals surface area (Å²) in [4.78, 5) is 0. The van der Waals surface area contributed by atoms with Crippen LogP contribution in [0.2, 0.25) is 0 Å². The van der Waals surface area contributed by atoms with Crippen molar-refractivity contribution in [3.63, 3.8) is 0 Å². The van der Waals surface area contributed by atoms with Gasteiger partial charge in [-0.3, -0.25) is 5.43 Å². The number of hydrogen-bond donors (Lipinski definition) is 1. The smallest absolute Gasteiger partial charge is 0.172 e. The van der Waals surface area contributed by atoms with Crippen LogP contribution in [0.4, 0.5) is 5.82 Å².